The Bertz CT molecular complexity index is 811. The molecule has 0 aromatic heterocycles. The van der Waals surface area contributed by atoms with Gasteiger partial charge in [0.15, 0.2) is 17.9 Å². The Hall–Kier alpha value is -2.43. The number of hydrogen-bond acceptors (Lipinski definition) is 9. The van der Waals surface area contributed by atoms with Crippen LogP contribution in [0.3, 0.4) is 0 Å². The van der Waals surface area contributed by atoms with E-state index in [9.17, 15) is 4.39 Å². The van der Waals surface area contributed by atoms with Gasteiger partial charge in [-0.1, -0.05) is 6.92 Å². The summed E-state index contributed by atoms with van der Waals surface area (Å²) in [6, 6.07) is 5.27. The second-order valence-electron chi connectivity index (χ2n) is 7.98. The molecule has 0 aliphatic carbocycles. The van der Waals surface area contributed by atoms with E-state index in [0.29, 0.717) is 17.7 Å². The summed E-state index contributed by atoms with van der Waals surface area (Å²) in [5.41, 5.74) is 0.578. The van der Waals surface area contributed by atoms with Crippen LogP contribution in [0.1, 0.15) is 19.8 Å². The Balaban J connectivity index is 1.48. The number of nitrogens with one attached hydrogen (secondary N) is 4. The number of aliphatic imine (C=N–C) groups is 2. The van der Waals surface area contributed by atoms with Crippen molar-refractivity contribution in [2.24, 2.45) is 9.98 Å². The topological polar surface area (TPSA) is 88.5 Å². The molecule has 9 nitrogen and oxygen atoms in total. The quantitative estimate of drug-likeness (QED) is 0.529. The molecule has 0 radical (unpaired) electrons. The number of likely N-dealkylation sites (N-methyl/N-ethyl adjacent to an activating group) is 1. The van der Waals surface area contributed by atoms with Gasteiger partial charge in [0.1, 0.15) is 0 Å². The molecule has 170 valence electrons. The maximum absolute atomic E-state index is 14.1. The lowest BCUT2D eigenvalue weighted by atomic mass is 10.2. The first-order chi connectivity index (χ1) is 15.2. The number of piperazine rings is 1. The fourth-order valence-corrected chi connectivity index (χ4v) is 4.30. The van der Waals surface area contributed by atoms with Crippen molar-refractivity contribution < 1.29 is 9.13 Å². The highest BCUT2D eigenvalue weighted by Crippen LogP contribution is 2.21. The van der Waals surface area contributed by atoms with E-state index in [4.69, 9.17) is 4.74 Å². The van der Waals surface area contributed by atoms with Crippen molar-refractivity contribution in [2.45, 2.75) is 32.1 Å². The van der Waals surface area contributed by atoms with Crippen LogP contribution in [0.25, 0.3) is 0 Å². The van der Waals surface area contributed by atoms with Crippen LogP contribution in [0.4, 0.5) is 10.1 Å². The highest BCUT2D eigenvalue weighted by molar-refractivity contribution is 6.03. The van der Waals surface area contributed by atoms with Gasteiger partial charge in [0.2, 0.25) is 11.9 Å². The van der Waals surface area contributed by atoms with Gasteiger partial charge in [-0.15, -0.1) is 0 Å². The van der Waals surface area contributed by atoms with Crippen molar-refractivity contribution in [3.05, 3.63) is 24.0 Å². The van der Waals surface area contributed by atoms with E-state index in [-0.39, 0.29) is 12.0 Å². The molecular formula is C21H33FN8O. The summed E-state index contributed by atoms with van der Waals surface area (Å²) in [5.74, 6) is 1.01. The summed E-state index contributed by atoms with van der Waals surface area (Å²) in [6.07, 6.45) is 2.14. The maximum Gasteiger partial charge on any atom is 0.229 e. The van der Waals surface area contributed by atoms with Crippen molar-refractivity contribution in [1.82, 2.24) is 25.8 Å². The third-order valence-corrected chi connectivity index (χ3v) is 6.01. The molecule has 4 N–H and O–H groups in total. The minimum atomic E-state index is -0.427. The lowest BCUT2D eigenvalue weighted by Gasteiger charge is -2.34. The number of rotatable bonds is 6. The normalized spacial score (nSPS) is 24.4. The van der Waals surface area contributed by atoms with E-state index in [1.165, 1.54) is 26.0 Å². The van der Waals surface area contributed by atoms with Crippen LogP contribution in [-0.2, 0) is 0 Å². The minimum absolute atomic E-state index is 0.208. The first-order valence-corrected chi connectivity index (χ1v) is 11.1. The number of likely N-dealkylation sites (tertiary alicyclic amines) is 1. The summed E-state index contributed by atoms with van der Waals surface area (Å²) in [7, 11) is 1.45. The summed E-state index contributed by atoms with van der Waals surface area (Å²) in [5, 5.41) is 13.5. The van der Waals surface area contributed by atoms with Gasteiger partial charge in [-0.2, -0.15) is 4.99 Å². The Morgan fingerprint density at radius 1 is 1.26 bits per heavy atom. The molecule has 0 bridgehead atoms. The van der Waals surface area contributed by atoms with Gasteiger partial charge < -0.3 is 25.6 Å². The zero-order valence-electron chi connectivity index (χ0n) is 18.3. The Morgan fingerprint density at radius 2 is 2.10 bits per heavy atom. The largest absolute Gasteiger partial charge is 0.494 e. The van der Waals surface area contributed by atoms with E-state index < -0.39 is 5.82 Å². The van der Waals surface area contributed by atoms with Crippen LogP contribution in [0.2, 0.25) is 0 Å². The molecule has 2 unspecified atom stereocenters. The highest BCUT2D eigenvalue weighted by Gasteiger charge is 2.26. The summed E-state index contributed by atoms with van der Waals surface area (Å²) in [4.78, 5) is 14.1. The van der Waals surface area contributed by atoms with E-state index in [2.05, 4.69) is 48.0 Å². The Labute approximate surface area is 183 Å². The fourth-order valence-electron chi connectivity index (χ4n) is 4.30. The Kier molecular flexibility index (Phi) is 7.21. The average Bonchev–Trinajstić information content (AvgIpc) is 3.26. The van der Waals surface area contributed by atoms with Gasteiger partial charge >= 0.3 is 0 Å². The van der Waals surface area contributed by atoms with Crippen molar-refractivity contribution >= 4 is 17.6 Å². The molecule has 0 amide bonds. The third kappa shape index (κ3) is 5.44. The van der Waals surface area contributed by atoms with Gasteiger partial charge in [-0.25, -0.2) is 9.38 Å². The Morgan fingerprint density at radius 3 is 2.84 bits per heavy atom. The molecule has 31 heavy (non-hydrogen) atoms. The molecule has 1 aromatic carbocycles. The molecular weight excluding hydrogens is 399 g/mol. The molecule has 2 fully saturated rings. The van der Waals surface area contributed by atoms with E-state index >= 15 is 0 Å². The number of anilines is 1. The molecule has 3 aliphatic rings. The van der Waals surface area contributed by atoms with Crippen LogP contribution < -0.4 is 26.0 Å². The van der Waals surface area contributed by atoms with Crippen LogP contribution >= 0.6 is 0 Å². The van der Waals surface area contributed by atoms with Crippen molar-refractivity contribution in [1.29, 1.82) is 0 Å². The second-order valence-corrected chi connectivity index (χ2v) is 7.98. The molecule has 10 heteroatoms. The standard InChI is InChI=1S/C21H33FN8O/c1-3-29-10-4-5-16(29)14-24-19-26-20(25-15-6-7-18(31-2)17(22)13-15)28-21(27-19)30-11-8-23-9-12-30/h6-7,13,16,19,23-24H,3-5,8-12,14H2,1-2H3,(H2,25,26,27,28). The van der Waals surface area contributed by atoms with Crippen LogP contribution in [0.15, 0.2) is 28.2 Å². The van der Waals surface area contributed by atoms with E-state index in [0.717, 1.165) is 51.8 Å². The number of ether oxygens (including phenoxy) is 1. The molecule has 2 atom stereocenters. The van der Waals surface area contributed by atoms with E-state index in [1.807, 2.05) is 0 Å². The molecule has 2 saturated heterocycles. The molecule has 0 saturated carbocycles. The second kappa shape index (κ2) is 10.3. The zero-order chi connectivity index (χ0) is 21.6. The lowest BCUT2D eigenvalue weighted by molar-refractivity contribution is 0.250. The first kappa shape index (κ1) is 21.8. The number of hydrogen-bond donors (Lipinski definition) is 4. The maximum atomic E-state index is 14.1. The van der Waals surface area contributed by atoms with Gasteiger partial charge in [-0.05, 0) is 38.1 Å². The van der Waals surface area contributed by atoms with Crippen LogP contribution in [0.5, 0.6) is 5.75 Å². The first-order valence-electron chi connectivity index (χ1n) is 11.1. The fraction of sp³-hybridized carbons (Fsp3) is 0.619. The summed E-state index contributed by atoms with van der Waals surface area (Å²) in [6.45, 7) is 8.86. The molecule has 3 aliphatic heterocycles. The van der Waals surface area contributed by atoms with Crippen molar-refractivity contribution in [3.8, 4) is 5.75 Å². The number of guanidine groups is 2. The summed E-state index contributed by atoms with van der Waals surface area (Å²) < 4.78 is 19.1. The molecule has 1 aromatic rings. The smallest absolute Gasteiger partial charge is 0.229 e. The SMILES string of the molecule is CCN1CCCC1CNC1N=C(Nc2ccc(OC)c(F)c2)N=C(N2CCNCC2)N1. The average molecular weight is 433 g/mol. The minimum Gasteiger partial charge on any atom is -0.494 e. The predicted octanol–water partition coefficient (Wildman–Crippen LogP) is 0.824. The predicted molar refractivity (Wildman–Crippen MR) is 121 cm³/mol. The van der Waals surface area contributed by atoms with Crippen LogP contribution in [0, 0.1) is 5.82 Å². The monoisotopic (exact) mass is 432 g/mol. The highest BCUT2D eigenvalue weighted by atomic mass is 19.1. The third-order valence-electron chi connectivity index (χ3n) is 6.01. The van der Waals surface area contributed by atoms with Crippen LogP contribution in [-0.4, -0.2) is 87.0 Å². The number of methoxy groups -OCH3 is 1. The van der Waals surface area contributed by atoms with E-state index in [1.54, 1.807) is 12.1 Å². The molecule has 4 rings (SSSR count). The molecule has 0 spiro atoms. The lowest BCUT2D eigenvalue weighted by Crippen LogP contribution is -2.58. The van der Waals surface area contributed by atoms with Gasteiger partial charge in [0.25, 0.3) is 0 Å². The summed E-state index contributed by atoms with van der Waals surface area (Å²) >= 11 is 0. The zero-order valence-corrected chi connectivity index (χ0v) is 18.3. The number of halogens is 1. The molecule has 3 heterocycles. The van der Waals surface area contributed by atoms with Gasteiger partial charge in [0.05, 0.1) is 7.11 Å². The van der Waals surface area contributed by atoms with Gasteiger partial charge in [0, 0.05) is 50.5 Å². The van der Waals surface area contributed by atoms with Crippen molar-refractivity contribution in [3.63, 3.8) is 0 Å². The van der Waals surface area contributed by atoms with Gasteiger partial charge in [-0.3, -0.25) is 10.2 Å². The number of nitrogens with zero attached hydrogens (tertiary/aromatic N) is 4. The number of benzene rings is 1. The van der Waals surface area contributed by atoms with Crippen molar-refractivity contribution in [2.75, 3.05) is 58.2 Å².